The lowest BCUT2D eigenvalue weighted by Crippen LogP contribution is -2.30. The highest BCUT2D eigenvalue weighted by Gasteiger charge is 2.30. The molecule has 0 saturated carbocycles. The minimum absolute atomic E-state index is 0.103. The molecule has 94 heavy (non-hydrogen) atoms. The number of esters is 4. The lowest BCUT2D eigenvalue weighted by molar-refractivity contribution is -0.161. The zero-order valence-electron chi connectivity index (χ0n) is 61.6. The van der Waals surface area contributed by atoms with Crippen LogP contribution in [0.15, 0.2) is 0 Å². The number of rotatable bonds is 72. The van der Waals surface area contributed by atoms with Crippen LogP contribution in [0, 0.1) is 23.7 Å². The molecule has 0 aliphatic heterocycles. The van der Waals surface area contributed by atoms with Gasteiger partial charge in [0.15, 0.2) is 12.2 Å². The first-order valence-corrected chi connectivity index (χ1v) is 41.7. The molecule has 0 rings (SSSR count). The van der Waals surface area contributed by atoms with Crippen molar-refractivity contribution in [3.05, 3.63) is 0 Å². The standard InChI is InChI=1S/C75H146O17P2/c1-9-68(8)54-46-38-29-23-19-15-11-13-17-21-25-31-41-49-57-74(79)91-71(62-86-73(78)56-48-40-34-33-37-45-53-67(6)7)64-90-94(83,84)88-60-69(76)59-87-93(81,82)89-63-70(92-75(80)58-50-42-32-26-28-36-44-52-66(4)5)61-85-72(77)55-47-39-30-24-20-16-12-10-14-18-22-27-35-43-51-65(2)3/h65-71,76H,9-64H2,1-8H3,(H,81,82)(H,83,84)/t68?,69-,70-,71-/m1/s1. The Morgan fingerprint density at radius 2 is 0.511 bits per heavy atom. The van der Waals surface area contributed by atoms with Crippen LogP contribution < -0.4 is 0 Å². The van der Waals surface area contributed by atoms with Crippen molar-refractivity contribution in [2.24, 2.45) is 23.7 Å². The third kappa shape index (κ3) is 67.3. The summed E-state index contributed by atoms with van der Waals surface area (Å²) in [5.41, 5.74) is 0. The Labute approximate surface area is 575 Å². The van der Waals surface area contributed by atoms with E-state index < -0.39 is 97.5 Å². The number of phosphoric acid groups is 2. The highest BCUT2D eigenvalue weighted by atomic mass is 31.2. The maximum Gasteiger partial charge on any atom is 0.472 e. The maximum absolute atomic E-state index is 13.0. The Hall–Kier alpha value is -1.94. The molecule has 17 nitrogen and oxygen atoms in total. The van der Waals surface area contributed by atoms with Crippen LogP contribution in [-0.2, 0) is 65.4 Å². The molecule has 0 aliphatic carbocycles. The van der Waals surface area contributed by atoms with Gasteiger partial charge in [0, 0.05) is 25.7 Å². The Morgan fingerprint density at radius 3 is 0.755 bits per heavy atom. The molecule has 0 fully saturated rings. The number of aliphatic hydroxyl groups is 1. The van der Waals surface area contributed by atoms with Crippen molar-refractivity contribution in [1.29, 1.82) is 0 Å². The molecule has 0 aromatic carbocycles. The van der Waals surface area contributed by atoms with E-state index in [4.69, 9.17) is 37.0 Å². The van der Waals surface area contributed by atoms with Crippen LogP contribution >= 0.6 is 15.6 Å². The highest BCUT2D eigenvalue weighted by molar-refractivity contribution is 7.47. The molecule has 0 aromatic heterocycles. The molecular weight excluding hydrogens is 1230 g/mol. The molecule has 0 saturated heterocycles. The maximum atomic E-state index is 13.0. The molecule has 0 spiro atoms. The second-order valence-corrected chi connectivity index (χ2v) is 31.6. The van der Waals surface area contributed by atoms with E-state index >= 15 is 0 Å². The van der Waals surface area contributed by atoms with Crippen molar-refractivity contribution in [3.63, 3.8) is 0 Å². The summed E-state index contributed by atoms with van der Waals surface area (Å²) in [7, 11) is -9.91. The molecule has 3 N–H and O–H groups in total. The second kappa shape index (κ2) is 64.4. The van der Waals surface area contributed by atoms with Crippen LogP contribution in [0.1, 0.15) is 376 Å². The molecular formula is C75H146O17P2. The van der Waals surface area contributed by atoms with E-state index in [-0.39, 0.29) is 25.7 Å². The summed E-state index contributed by atoms with van der Waals surface area (Å²) >= 11 is 0. The predicted octanol–water partition coefficient (Wildman–Crippen LogP) is 21.7. The van der Waals surface area contributed by atoms with Gasteiger partial charge in [-0.15, -0.1) is 0 Å². The van der Waals surface area contributed by atoms with Crippen molar-refractivity contribution in [1.82, 2.24) is 0 Å². The number of hydrogen-bond acceptors (Lipinski definition) is 15. The van der Waals surface area contributed by atoms with E-state index in [1.54, 1.807) is 0 Å². The van der Waals surface area contributed by atoms with Gasteiger partial charge in [0.25, 0.3) is 0 Å². The number of ether oxygens (including phenoxy) is 4. The van der Waals surface area contributed by atoms with Crippen molar-refractivity contribution in [2.45, 2.75) is 395 Å². The summed E-state index contributed by atoms with van der Waals surface area (Å²) in [6.45, 7) is 14.1. The summed E-state index contributed by atoms with van der Waals surface area (Å²) in [6.07, 6.45) is 48.8. The minimum atomic E-state index is -4.95. The molecule has 19 heteroatoms. The Balaban J connectivity index is 5.17. The molecule has 3 unspecified atom stereocenters. The smallest absolute Gasteiger partial charge is 0.462 e. The van der Waals surface area contributed by atoms with Crippen LogP contribution in [-0.4, -0.2) is 96.7 Å². The van der Waals surface area contributed by atoms with Gasteiger partial charge in [-0.2, -0.15) is 0 Å². The number of aliphatic hydroxyl groups excluding tert-OH is 1. The summed E-state index contributed by atoms with van der Waals surface area (Å²) in [5.74, 6) is 0.894. The van der Waals surface area contributed by atoms with E-state index in [0.717, 1.165) is 108 Å². The zero-order chi connectivity index (χ0) is 69.6. The monoisotopic (exact) mass is 1380 g/mol. The first kappa shape index (κ1) is 92.1. The molecule has 0 aliphatic rings. The molecule has 558 valence electrons. The Bertz CT molecular complexity index is 1850. The van der Waals surface area contributed by atoms with E-state index in [1.165, 1.54) is 173 Å². The molecule has 0 bridgehead atoms. The van der Waals surface area contributed by atoms with Crippen molar-refractivity contribution in [2.75, 3.05) is 39.6 Å². The van der Waals surface area contributed by atoms with Gasteiger partial charge in [-0.1, -0.05) is 325 Å². The number of hydrogen-bond donors (Lipinski definition) is 3. The molecule has 0 radical (unpaired) electrons. The largest absolute Gasteiger partial charge is 0.472 e. The minimum Gasteiger partial charge on any atom is -0.462 e. The molecule has 0 heterocycles. The Morgan fingerprint density at radius 1 is 0.298 bits per heavy atom. The predicted molar refractivity (Wildman–Crippen MR) is 381 cm³/mol. The lowest BCUT2D eigenvalue weighted by atomic mass is 9.99. The fourth-order valence-corrected chi connectivity index (χ4v) is 12.9. The average molecular weight is 1380 g/mol. The van der Waals surface area contributed by atoms with Crippen LogP contribution in [0.2, 0.25) is 0 Å². The summed E-state index contributed by atoms with van der Waals surface area (Å²) in [4.78, 5) is 72.7. The van der Waals surface area contributed by atoms with Gasteiger partial charge in [-0.3, -0.25) is 37.3 Å². The fourth-order valence-electron chi connectivity index (χ4n) is 11.3. The number of unbranched alkanes of at least 4 members (excludes halogenated alkanes) is 37. The van der Waals surface area contributed by atoms with Gasteiger partial charge in [0.2, 0.25) is 0 Å². The summed E-state index contributed by atoms with van der Waals surface area (Å²) < 4.78 is 68.4. The average Bonchev–Trinajstić information content (AvgIpc) is 1.56. The van der Waals surface area contributed by atoms with Crippen LogP contribution in [0.25, 0.3) is 0 Å². The number of carbonyl (C=O) groups excluding carboxylic acids is 4. The van der Waals surface area contributed by atoms with E-state index in [2.05, 4.69) is 55.4 Å². The van der Waals surface area contributed by atoms with Crippen LogP contribution in [0.5, 0.6) is 0 Å². The van der Waals surface area contributed by atoms with E-state index in [9.17, 15) is 43.2 Å². The normalized spacial score (nSPS) is 14.4. The van der Waals surface area contributed by atoms with Crippen molar-refractivity contribution >= 4 is 39.5 Å². The van der Waals surface area contributed by atoms with Gasteiger partial charge in [-0.05, 0) is 49.4 Å². The fraction of sp³-hybridized carbons (Fsp3) is 0.947. The second-order valence-electron chi connectivity index (χ2n) is 28.7. The van der Waals surface area contributed by atoms with Crippen molar-refractivity contribution < 1.29 is 80.2 Å². The lowest BCUT2D eigenvalue weighted by Gasteiger charge is -2.21. The third-order valence-electron chi connectivity index (χ3n) is 17.7. The number of carbonyl (C=O) groups is 4. The van der Waals surface area contributed by atoms with Crippen molar-refractivity contribution in [3.8, 4) is 0 Å². The number of phosphoric ester groups is 2. The van der Waals surface area contributed by atoms with E-state index in [1.807, 2.05) is 0 Å². The van der Waals surface area contributed by atoms with Crippen LogP contribution in [0.4, 0.5) is 0 Å². The quantitative estimate of drug-likeness (QED) is 0.0222. The first-order chi connectivity index (χ1) is 45.1. The van der Waals surface area contributed by atoms with Gasteiger partial charge in [-0.25, -0.2) is 9.13 Å². The van der Waals surface area contributed by atoms with E-state index in [0.29, 0.717) is 37.5 Å². The zero-order valence-corrected chi connectivity index (χ0v) is 63.4. The topological polar surface area (TPSA) is 237 Å². The molecule has 6 atom stereocenters. The van der Waals surface area contributed by atoms with Gasteiger partial charge >= 0.3 is 39.5 Å². The third-order valence-corrected chi connectivity index (χ3v) is 19.6. The first-order valence-electron chi connectivity index (χ1n) is 38.7. The summed E-state index contributed by atoms with van der Waals surface area (Å²) in [6, 6.07) is 0. The summed E-state index contributed by atoms with van der Waals surface area (Å²) in [5, 5.41) is 10.6. The molecule has 0 amide bonds. The van der Waals surface area contributed by atoms with Gasteiger partial charge < -0.3 is 33.8 Å². The SMILES string of the molecule is CCC(C)CCCCCCCCCCCCCCCCC(=O)O[C@H](COC(=O)CCCCCCCCC(C)C)COP(=O)(O)OC[C@H](O)COP(=O)(O)OC[C@@H](COC(=O)CCCCCCCCCCCCCCCCC(C)C)OC(=O)CCCCCCCCCC(C)C. The Kier molecular flexibility index (Phi) is 63.1. The van der Waals surface area contributed by atoms with Crippen LogP contribution in [0.3, 0.4) is 0 Å². The molecule has 0 aromatic rings. The van der Waals surface area contributed by atoms with Gasteiger partial charge in [0.05, 0.1) is 26.4 Å². The van der Waals surface area contributed by atoms with Gasteiger partial charge in [0.1, 0.15) is 19.3 Å². The highest BCUT2D eigenvalue weighted by Crippen LogP contribution is 2.45.